The molecule has 1 unspecified atom stereocenters. The van der Waals surface area contributed by atoms with Gasteiger partial charge in [0, 0.05) is 37.8 Å². The predicted molar refractivity (Wildman–Crippen MR) is 83.8 cm³/mol. The number of piperidine rings is 1. The lowest BCUT2D eigenvalue weighted by Crippen LogP contribution is -2.54. The zero-order valence-corrected chi connectivity index (χ0v) is 12.9. The molecule has 2 fully saturated rings. The number of piperazine rings is 1. The normalized spacial score (nSPS) is 23.8. The van der Waals surface area contributed by atoms with E-state index >= 15 is 0 Å². The molecule has 2 heterocycles. The second kappa shape index (κ2) is 6.67. The second-order valence-corrected chi connectivity index (χ2v) is 6.12. The molecule has 2 aliphatic heterocycles. The van der Waals surface area contributed by atoms with Gasteiger partial charge < -0.3 is 9.84 Å². The maximum absolute atomic E-state index is 10.3. The minimum absolute atomic E-state index is 0.311. The van der Waals surface area contributed by atoms with Crippen LogP contribution >= 0.6 is 0 Å². The Balaban J connectivity index is 1.65. The van der Waals surface area contributed by atoms with Crippen LogP contribution in [0.5, 0.6) is 11.5 Å². The van der Waals surface area contributed by atoms with E-state index in [4.69, 9.17) is 4.74 Å². The van der Waals surface area contributed by atoms with Crippen LogP contribution in [-0.4, -0.2) is 53.7 Å². The molecule has 0 aliphatic carbocycles. The van der Waals surface area contributed by atoms with Crippen molar-refractivity contribution >= 4 is 0 Å². The SMILES string of the molecule is CCOc1cccc(CN2CCN3CCCCC3C2)c1O. The monoisotopic (exact) mass is 290 g/mol. The van der Waals surface area contributed by atoms with Crippen molar-refractivity contribution in [2.24, 2.45) is 0 Å². The third-order valence-electron chi connectivity index (χ3n) is 4.70. The third-order valence-corrected chi connectivity index (χ3v) is 4.70. The summed E-state index contributed by atoms with van der Waals surface area (Å²) in [6, 6.07) is 6.52. The maximum atomic E-state index is 10.3. The Hall–Kier alpha value is -1.26. The second-order valence-electron chi connectivity index (χ2n) is 6.12. The number of benzene rings is 1. The largest absolute Gasteiger partial charge is 0.504 e. The van der Waals surface area contributed by atoms with E-state index in [1.807, 2.05) is 25.1 Å². The summed E-state index contributed by atoms with van der Waals surface area (Å²) in [5.41, 5.74) is 0.977. The number of hydrogen-bond acceptors (Lipinski definition) is 4. The van der Waals surface area contributed by atoms with Crippen LogP contribution in [0, 0.1) is 0 Å². The molecule has 1 aromatic rings. The third kappa shape index (κ3) is 3.33. The molecule has 0 amide bonds. The van der Waals surface area contributed by atoms with Crippen molar-refractivity contribution in [2.45, 2.75) is 38.8 Å². The van der Waals surface area contributed by atoms with Gasteiger partial charge >= 0.3 is 0 Å². The lowest BCUT2D eigenvalue weighted by molar-refractivity contribution is 0.0453. The fourth-order valence-corrected chi connectivity index (χ4v) is 3.57. The molecule has 4 nitrogen and oxygen atoms in total. The topological polar surface area (TPSA) is 35.9 Å². The molecule has 1 atom stereocenters. The van der Waals surface area contributed by atoms with Gasteiger partial charge in [-0.15, -0.1) is 0 Å². The average molecular weight is 290 g/mol. The lowest BCUT2D eigenvalue weighted by atomic mass is 9.99. The first kappa shape index (κ1) is 14.7. The smallest absolute Gasteiger partial charge is 0.162 e. The Morgan fingerprint density at radius 3 is 3.00 bits per heavy atom. The molecule has 0 radical (unpaired) electrons. The molecule has 1 N–H and O–H groups in total. The van der Waals surface area contributed by atoms with Crippen molar-refractivity contribution in [2.75, 3.05) is 32.8 Å². The summed E-state index contributed by atoms with van der Waals surface area (Å²) >= 11 is 0. The number of phenolic OH excluding ortho intramolecular Hbond substituents is 1. The van der Waals surface area contributed by atoms with Crippen LogP contribution in [0.4, 0.5) is 0 Å². The molecule has 0 bridgehead atoms. The molecule has 21 heavy (non-hydrogen) atoms. The predicted octanol–water partition coefficient (Wildman–Crippen LogP) is 2.46. The van der Waals surface area contributed by atoms with E-state index in [2.05, 4.69) is 9.80 Å². The molecule has 2 saturated heterocycles. The van der Waals surface area contributed by atoms with Crippen LogP contribution in [0.2, 0.25) is 0 Å². The van der Waals surface area contributed by atoms with Crippen LogP contribution in [0.15, 0.2) is 18.2 Å². The highest BCUT2D eigenvalue weighted by Crippen LogP contribution is 2.31. The van der Waals surface area contributed by atoms with E-state index in [0.717, 1.165) is 31.7 Å². The van der Waals surface area contributed by atoms with Gasteiger partial charge in [-0.05, 0) is 32.4 Å². The van der Waals surface area contributed by atoms with Gasteiger partial charge in [-0.25, -0.2) is 0 Å². The highest BCUT2D eigenvalue weighted by atomic mass is 16.5. The summed E-state index contributed by atoms with van der Waals surface area (Å²) in [4.78, 5) is 5.10. The fraction of sp³-hybridized carbons (Fsp3) is 0.647. The molecule has 116 valence electrons. The summed E-state index contributed by atoms with van der Waals surface area (Å²) in [6.07, 6.45) is 4.04. The molecule has 0 saturated carbocycles. The highest BCUT2D eigenvalue weighted by molar-refractivity contribution is 5.45. The quantitative estimate of drug-likeness (QED) is 0.924. The van der Waals surface area contributed by atoms with Gasteiger partial charge in [-0.1, -0.05) is 18.6 Å². The van der Waals surface area contributed by atoms with E-state index in [1.54, 1.807) is 0 Å². The Morgan fingerprint density at radius 1 is 1.24 bits per heavy atom. The number of rotatable bonds is 4. The first-order valence-corrected chi connectivity index (χ1v) is 8.18. The standard InChI is InChI=1S/C17H26N2O2/c1-2-21-16-8-5-6-14(17(16)20)12-18-10-11-19-9-4-3-7-15(19)13-18/h5-6,8,15,20H,2-4,7,9-13H2,1H3. The van der Waals surface area contributed by atoms with Gasteiger partial charge in [-0.2, -0.15) is 0 Å². The molecular formula is C17H26N2O2. The van der Waals surface area contributed by atoms with E-state index in [9.17, 15) is 5.11 Å². The number of aromatic hydroxyl groups is 1. The van der Waals surface area contributed by atoms with E-state index in [-0.39, 0.29) is 0 Å². The number of para-hydroxylation sites is 1. The number of fused-ring (bicyclic) bond motifs is 1. The Morgan fingerprint density at radius 2 is 2.14 bits per heavy atom. The summed E-state index contributed by atoms with van der Waals surface area (Å²) < 4.78 is 5.48. The number of hydrogen-bond donors (Lipinski definition) is 1. The molecule has 4 heteroatoms. The van der Waals surface area contributed by atoms with Crippen molar-refractivity contribution in [3.8, 4) is 11.5 Å². The number of nitrogens with zero attached hydrogens (tertiary/aromatic N) is 2. The molecule has 3 rings (SSSR count). The maximum Gasteiger partial charge on any atom is 0.162 e. The fourth-order valence-electron chi connectivity index (χ4n) is 3.57. The van der Waals surface area contributed by atoms with Crippen LogP contribution in [-0.2, 0) is 6.54 Å². The number of ether oxygens (including phenoxy) is 1. The van der Waals surface area contributed by atoms with Gasteiger partial charge in [0.25, 0.3) is 0 Å². The van der Waals surface area contributed by atoms with Gasteiger partial charge in [0.15, 0.2) is 11.5 Å². The summed E-state index contributed by atoms with van der Waals surface area (Å²) in [7, 11) is 0. The van der Waals surface area contributed by atoms with Crippen molar-refractivity contribution < 1.29 is 9.84 Å². The highest BCUT2D eigenvalue weighted by Gasteiger charge is 2.29. The summed E-state index contributed by atoms with van der Waals surface area (Å²) in [5.74, 6) is 0.914. The van der Waals surface area contributed by atoms with Gasteiger partial charge in [0.1, 0.15) is 0 Å². The Bertz CT molecular complexity index is 478. The van der Waals surface area contributed by atoms with E-state index in [0.29, 0.717) is 24.1 Å². The van der Waals surface area contributed by atoms with E-state index in [1.165, 1.54) is 25.8 Å². The summed E-state index contributed by atoms with van der Waals surface area (Å²) in [5, 5.41) is 10.3. The zero-order chi connectivity index (χ0) is 14.7. The van der Waals surface area contributed by atoms with Crippen molar-refractivity contribution in [3.05, 3.63) is 23.8 Å². The Kier molecular flexibility index (Phi) is 4.66. The first-order valence-electron chi connectivity index (χ1n) is 8.18. The Labute approximate surface area is 127 Å². The molecule has 0 spiro atoms. The van der Waals surface area contributed by atoms with Crippen LogP contribution in [0.25, 0.3) is 0 Å². The van der Waals surface area contributed by atoms with Gasteiger partial charge in [0.05, 0.1) is 6.61 Å². The van der Waals surface area contributed by atoms with Crippen molar-refractivity contribution in [1.82, 2.24) is 9.80 Å². The minimum Gasteiger partial charge on any atom is -0.504 e. The molecule has 2 aliphatic rings. The van der Waals surface area contributed by atoms with Crippen molar-refractivity contribution in [3.63, 3.8) is 0 Å². The zero-order valence-electron chi connectivity index (χ0n) is 12.9. The molecular weight excluding hydrogens is 264 g/mol. The van der Waals surface area contributed by atoms with Crippen LogP contribution in [0.1, 0.15) is 31.7 Å². The first-order chi connectivity index (χ1) is 10.3. The van der Waals surface area contributed by atoms with Gasteiger partial charge in [0.2, 0.25) is 0 Å². The van der Waals surface area contributed by atoms with Gasteiger partial charge in [-0.3, -0.25) is 9.80 Å². The minimum atomic E-state index is 0.311. The van der Waals surface area contributed by atoms with E-state index < -0.39 is 0 Å². The average Bonchev–Trinajstić information content (AvgIpc) is 2.51. The van der Waals surface area contributed by atoms with Crippen LogP contribution in [0.3, 0.4) is 0 Å². The van der Waals surface area contributed by atoms with Crippen LogP contribution < -0.4 is 4.74 Å². The molecule has 0 aromatic heterocycles. The number of phenols is 1. The lowest BCUT2D eigenvalue weighted by Gasteiger charge is -2.44. The summed E-state index contributed by atoms with van der Waals surface area (Å²) in [6.45, 7) is 7.98. The molecule has 1 aromatic carbocycles. The van der Waals surface area contributed by atoms with Crippen molar-refractivity contribution in [1.29, 1.82) is 0 Å².